The van der Waals surface area contributed by atoms with Crippen LogP contribution in [0, 0.1) is 17.7 Å². The van der Waals surface area contributed by atoms with Gasteiger partial charge in [-0.1, -0.05) is 6.42 Å². The summed E-state index contributed by atoms with van der Waals surface area (Å²) < 4.78 is 32.2. The van der Waals surface area contributed by atoms with Gasteiger partial charge in [0.25, 0.3) is 0 Å². The van der Waals surface area contributed by atoms with Crippen molar-refractivity contribution < 1.29 is 18.6 Å². The van der Waals surface area contributed by atoms with Gasteiger partial charge >= 0.3 is 0 Å². The van der Waals surface area contributed by atoms with E-state index in [1.165, 1.54) is 31.0 Å². The summed E-state index contributed by atoms with van der Waals surface area (Å²) in [6, 6.07) is 14.0. The van der Waals surface area contributed by atoms with Gasteiger partial charge in [0.05, 0.1) is 18.4 Å². The Hall–Kier alpha value is -2.47. The zero-order valence-corrected chi connectivity index (χ0v) is 21.3. The summed E-state index contributed by atoms with van der Waals surface area (Å²) in [5.74, 6) is 2.85. The summed E-state index contributed by atoms with van der Waals surface area (Å²) in [6.45, 7) is 7.35. The molecular weight excluding hydrogens is 443 g/mol. The first kappa shape index (κ1) is 24.2. The predicted molar refractivity (Wildman–Crippen MR) is 138 cm³/mol. The minimum atomic E-state index is -0.199. The van der Waals surface area contributed by atoms with Crippen molar-refractivity contribution >= 4 is 11.4 Å². The summed E-state index contributed by atoms with van der Waals surface area (Å²) >= 11 is 0. The summed E-state index contributed by atoms with van der Waals surface area (Å²) in [6.07, 6.45) is 6.24. The molecule has 5 rings (SSSR count). The van der Waals surface area contributed by atoms with E-state index in [2.05, 4.69) is 41.0 Å². The second kappa shape index (κ2) is 10.7. The van der Waals surface area contributed by atoms with E-state index in [4.69, 9.17) is 14.2 Å². The van der Waals surface area contributed by atoms with Crippen LogP contribution in [0.15, 0.2) is 42.5 Å². The number of methoxy groups -OCH3 is 1. The Morgan fingerprint density at radius 3 is 2.31 bits per heavy atom. The van der Waals surface area contributed by atoms with Gasteiger partial charge in [0.2, 0.25) is 0 Å². The van der Waals surface area contributed by atoms with Crippen molar-refractivity contribution in [3.8, 4) is 11.5 Å². The first-order valence-electron chi connectivity index (χ1n) is 13.3. The highest BCUT2D eigenvalue weighted by molar-refractivity contribution is 5.53. The first-order valence-corrected chi connectivity index (χ1v) is 13.3. The van der Waals surface area contributed by atoms with Crippen LogP contribution in [-0.4, -0.2) is 51.6 Å². The van der Waals surface area contributed by atoms with E-state index in [1.807, 2.05) is 20.1 Å². The van der Waals surface area contributed by atoms with Crippen LogP contribution in [0.4, 0.5) is 15.8 Å². The number of hydrogen-bond acceptors (Lipinski definition) is 5. The number of hydrogen-bond donors (Lipinski definition) is 0. The van der Waals surface area contributed by atoms with E-state index in [-0.39, 0.29) is 11.9 Å². The van der Waals surface area contributed by atoms with E-state index in [1.54, 1.807) is 6.07 Å². The molecule has 1 saturated carbocycles. The molecule has 1 unspecified atom stereocenters. The number of benzene rings is 2. The molecule has 2 aromatic rings. The van der Waals surface area contributed by atoms with Crippen LogP contribution < -0.4 is 19.3 Å². The molecule has 0 spiro atoms. The Balaban J connectivity index is 1.16. The molecule has 2 saturated heterocycles. The lowest BCUT2D eigenvalue weighted by atomic mass is 9.72. The quantitative estimate of drug-likeness (QED) is 0.467. The largest absolute Gasteiger partial charge is 0.494 e. The summed E-state index contributed by atoms with van der Waals surface area (Å²) in [5.41, 5.74) is 1.86. The normalized spacial score (nSPS) is 25.5. The van der Waals surface area contributed by atoms with Gasteiger partial charge in [0.1, 0.15) is 23.4 Å². The third-order valence-corrected chi connectivity index (χ3v) is 8.33. The minimum absolute atomic E-state index is 0.141. The predicted octanol–water partition coefficient (Wildman–Crippen LogP) is 5.91. The fourth-order valence-electron chi connectivity index (χ4n) is 6.21. The van der Waals surface area contributed by atoms with E-state index in [0.29, 0.717) is 36.1 Å². The van der Waals surface area contributed by atoms with Crippen LogP contribution >= 0.6 is 0 Å². The molecule has 0 bridgehead atoms. The number of anilines is 2. The second-order valence-electron chi connectivity index (χ2n) is 10.3. The average molecular weight is 483 g/mol. The molecule has 2 heterocycles. The molecule has 2 aliphatic heterocycles. The van der Waals surface area contributed by atoms with Crippen molar-refractivity contribution in [2.75, 3.05) is 43.2 Å². The van der Waals surface area contributed by atoms with Crippen LogP contribution in [0.1, 0.15) is 46.0 Å². The lowest BCUT2D eigenvalue weighted by molar-refractivity contribution is 0.0308. The number of piperidine rings is 1. The standard InChI is InChI=1S/C29H39FN2O3/c1-4-34-25-12-13-26(30)27(18-25)31-16-14-24(15-17-31)35-23-10-8-22(9-11-23)32-19-28(33-3)29(20(32)2)21-6-5-7-21/h8-13,18,20-21,24,28-29H,4-7,14-17,19H2,1-3H3/t20-,28-,29?/m0/s1. The number of ether oxygens (including phenoxy) is 3. The molecule has 0 amide bonds. The molecule has 6 heteroatoms. The monoisotopic (exact) mass is 482 g/mol. The van der Waals surface area contributed by atoms with Crippen LogP contribution in [0.25, 0.3) is 0 Å². The average Bonchev–Trinajstić information content (AvgIpc) is 3.16. The van der Waals surface area contributed by atoms with Gasteiger partial charge in [0, 0.05) is 63.3 Å². The molecule has 3 atom stereocenters. The maximum Gasteiger partial charge on any atom is 0.146 e. The maximum absolute atomic E-state index is 14.4. The van der Waals surface area contributed by atoms with E-state index >= 15 is 0 Å². The molecule has 35 heavy (non-hydrogen) atoms. The van der Waals surface area contributed by atoms with Crippen molar-refractivity contribution in [1.29, 1.82) is 0 Å². The van der Waals surface area contributed by atoms with Crippen LogP contribution in [-0.2, 0) is 4.74 Å². The van der Waals surface area contributed by atoms with Crippen molar-refractivity contribution in [3.05, 3.63) is 48.3 Å². The summed E-state index contributed by atoms with van der Waals surface area (Å²) in [7, 11) is 1.86. The molecular formula is C29H39FN2O3. The molecule has 2 aromatic carbocycles. The number of rotatable bonds is 8. The lowest BCUT2D eigenvalue weighted by Gasteiger charge is -2.37. The maximum atomic E-state index is 14.4. The Bertz CT molecular complexity index is 972. The van der Waals surface area contributed by atoms with E-state index in [9.17, 15) is 4.39 Å². The molecule has 3 aliphatic rings. The molecule has 1 aliphatic carbocycles. The molecule has 190 valence electrons. The van der Waals surface area contributed by atoms with Gasteiger partial charge in [0.15, 0.2) is 0 Å². The third-order valence-electron chi connectivity index (χ3n) is 8.33. The Labute approximate surface area is 209 Å². The fourth-order valence-corrected chi connectivity index (χ4v) is 6.21. The van der Waals surface area contributed by atoms with Crippen LogP contribution in [0.5, 0.6) is 11.5 Å². The van der Waals surface area contributed by atoms with Crippen LogP contribution in [0.3, 0.4) is 0 Å². The van der Waals surface area contributed by atoms with Gasteiger partial charge in [-0.25, -0.2) is 4.39 Å². The van der Waals surface area contributed by atoms with Crippen LogP contribution in [0.2, 0.25) is 0 Å². The molecule has 0 radical (unpaired) electrons. The van der Waals surface area contributed by atoms with Crippen molar-refractivity contribution in [1.82, 2.24) is 0 Å². The van der Waals surface area contributed by atoms with Gasteiger partial charge in [-0.15, -0.1) is 0 Å². The third kappa shape index (κ3) is 5.09. The van der Waals surface area contributed by atoms with Gasteiger partial charge in [-0.2, -0.15) is 0 Å². The zero-order valence-electron chi connectivity index (χ0n) is 21.3. The lowest BCUT2D eigenvalue weighted by Crippen LogP contribution is -2.38. The van der Waals surface area contributed by atoms with Gasteiger partial charge < -0.3 is 24.0 Å². The summed E-state index contributed by atoms with van der Waals surface area (Å²) in [4.78, 5) is 4.60. The first-order chi connectivity index (χ1) is 17.1. The van der Waals surface area contributed by atoms with Gasteiger partial charge in [-0.3, -0.25) is 0 Å². The van der Waals surface area contributed by atoms with Crippen molar-refractivity contribution in [2.45, 2.75) is 64.2 Å². The van der Waals surface area contributed by atoms with Gasteiger partial charge in [-0.05, 0) is 69.0 Å². The van der Waals surface area contributed by atoms with E-state index < -0.39 is 0 Å². The molecule has 3 fully saturated rings. The molecule has 0 N–H and O–H groups in total. The Kier molecular flexibility index (Phi) is 7.37. The smallest absolute Gasteiger partial charge is 0.146 e. The minimum Gasteiger partial charge on any atom is -0.494 e. The number of nitrogens with zero attached hydrogens (tertiary/aromatic N) is 2. The summed E-state index contributed by atoms with van der Waals surface area (Å²) in [5, 5.41) is 0. The Morgan fingerprint density at radius 2 is 1.69 bits per heavy atom. The van der Waals surface area contributed by atoms with E-state index in [0.717, 1.165) is 44.1 Å². The highest BCUT2D eigenvalue weighted by atomic mass is 19.1. The number of halogens is 1. The highest BCUT2D eigenvalue weighted by Gasteiger charge is 2.45. The highest BCUT2D eigenvalue weighted by Crippen LogP contribution is 2.44. The zero-order chi connectivity index (χ0) is 24.4. The van der Waals surface area contributed by atoms with Crippen molar-refractivity contribution in [3.63, 3.8) is 0 Å². The Morgan fingerprint density at radius 1 is 0.971 bits per heavy atom. The second-order valence-corrected chi connectivity index (χ2v) is 10.3. The fraction of sp³-hybridized carbons (Fsp3) is 0.586. The SMILES string of the molecule is CCOc1ccc(F)c(N2CCC(Oc3ccc(N4C[C@H](OC)C(C5CCC5)[C@@H]4C)cc3)CC2)c1. The topological polar surface area (TPSA) is 34.2 Å². The van der Waals surface area contributed by atoms with Crippen molar-refractivity contribution in [2.24, 2.45) is 11.8 Å². The molecule has 0 aromatic heterocycles. The molecule has 5 nitrogen and oxygen atoms in total.